The lowest BCUT2D eigenvalue weighted by atomic mass is 10.1. The van der Waals surface area contributed by atoms with Gasteiger partial charge in [-0.25, -0.2) is 0 Å². The second kappa shape index (κ2) is 8.13. The second-order valence-electron chi connectivity index (χ2n) is 4.87. The number of halogens is 2. The van der Waals surface area contributed by atoms with Gasteiger partial charge in [0, 0.05) is 29.4 Å². The van der Waals surface area contributed by atoms with E-state index in [1.807, 2.05) is 36.4 Å². The predicted molar refractivity (Wildman–Crippen MR) is 91.3 cm³/mol. The SMILES string of the molecule is COc1ccc(Cl)cc1CN(C)Cc1cccc(N)c1.Cl. The summed E-state index contributed by atoms with van der Waals surface area (Å²) in [5.74, 6) is 0.855. The first kappa shape index (κ1) is 17.6. The molecule has 5 heteroatoms. The topological polar surface area (TPSA) is 38.5 Å². The van der Waals surface area contributed by atoms with E-state index in [0.717, 1.165) is 35.1 Å². The van der Waals surface area contributed by atoms with Crippen molar-refractivity contribution in [2.45, 2.75) is 13.1 Å². The summed E-state index contributed by atoms with van der Waals surface area (Å²) in [6, 6.07) is 13.6. The minimum atomic E-state index is 0. The molecule has 0 fully saturated rings. The van der Waals surface area contributed by atoms with Gasteiger partial charge >= 0.3 is 0 Å². The van der Waals surface area contributed by atoms with Crippen LogP contribution < -0.4 is 10.5 Å². The van der Waals surface area contributed by atoms with Crippen LogP contribution in [-0.2, 0) is 13.1 Å². The Hall–Kier alpha value is -1.42. The van der Waals surface area contributed by atoms with Crippen molar-refractivity contribution >= 4 is 29.7 Å². The maximum absolute atomic E-state index is 6.05. The quantitative estimate of drug-likeness (QED) is 0.844. The average Bonchev–Trinajstić information content (AvgIpc) is 2.38. The Morgan fingerprint density at radius 1 is 1.14 bits per heavy atom. The molecule has 0 radical (unpaired) electrons. The fourth-order valence-corrected chi connectivity index (χ4v) is 2.42. The number of nitrogen functional groups attached to an aromatic ring is 1. The van der Waals surface area contributed by atoms with Crippen molar-refractivity contribution in [1.29, 1.82) is 0 Å². The summed E-state index contributed by atoms with van der Waals surface area (Å²) in [6.07, 6.45) is 0. The molecule has 114 valence electrons. The van der Waals surface area contributed by atoms with Crippen molar-refractivity contribution in [3.8, 4) is 5.75 Å². The number of ether oxygens (including phenoxy) is 1. The monoisotopic (exact) mass is 326 g/mol. The summed E-state index contributed by atoms with van der Waals surface area (Å²) in [6.45, 7) is 1.58. The number of methoxy groups -OCH3 is 1. The van der Waals surface area contributed by atoms with Crippen molar-refractivity contribution in [2.24, 2.45) is 0 Å². The van der Waals surface area contributed by atoms with Gasteiger partial charge in [0.25, 0.3) is 0 Å². The van der Waals surface area contributed by atoms with E-state index in [0.29, 0.717) is 0 Å². The van der Waals surface area contributed by atoms with Gasteiger partial charge in [-0.2, -0.15) is 0 Å². The standard InChI is InChI=1S/C16H19ClN2O.ClH/c1-19(10-12-4-3-5-15(18)8-12)11-13-9-14(17)6-7-16(13)20-2;/h3-9H,10-11,18H2,1-2H3;1H. The smallest absolute Gasteiger partial charge is 0.123 e. The Balaban J connectivity index is 0.00000220. The molecule has 2 aromatic carbocycles. The van der Waals surface area contributed by atoms with E-state index in [9.17, 15) is 0 Å². The first-order chi connectivity index (χ1) is 9.58. The largest absolute Gasteiger partial charge is 0.496 e. The molecule has 0 aromatic heterocycles. The minimum absolute atomic E-state index is 0. The summed E-state index contributed by atoms with van der Waals surface area (Å²) in [5.41, 5.74) is 8.85. The minimum Gasteiger partial charge on any atom is -0.496 e. The molecule has 0 amide bonds. The van der Waals surface area contributed by atoms with Gasteiger partial charge < -0.3 is 10.5 Å². The molecule has 21 heavy (non-hydrogen) atoms. The third kappa shape index (κ3) is 5.12. The van der Waals surface area contributed by atoms with Crippen LogP contribution in [0.4, 0.5) is 5.69 Å². The van der Waals surface area contributed by atoms with Gasteiger partial charge in [0.15, 0.2) is 0 Å². The molecular weight excluding hydrogens is 307 g/mol. The highest BCUT2D eigenvalue weighted by atomic mass is 35.5. The second-order valence-corrected chi connectivity index (χ2v) is 5.31. The van der Waals surface area contributed by atoms with Gasteiger partial charge in [-0.1, -0.05) is 23.7 Å². The van der Waals surface area contributed by atoms with Gasteiger partial charge in [-0.05, 0) is 42.9 Å². The van der Waals surface area contributed by atoms with Gasteiger partial charge in [0.2, 0.25) is 0 Å². The Bertz CT molecular complexity index is 590. The molecule has 2 rings (SSSR count). The molecule has 0 heterocycles. The van der Waals surface area contributed by atoms with E-state index < -0.39 is 0 Å². The molecule has 0 unspecified atom stereocenters. The molecular formula is C16H20Cl2N2O. The summed E-state index contributed by atoms with van der Waals surface area (Å²) < 4.78 is 5.37. The summed E-state index contributed by atoms with van der Waals surface area (Å²) >= 11 is 6.05. The fraction of sp³-hybridized carbons (Fsp3) is 0.250. The molecule has 2 N–H and O–H groups in total. The Kier molecular flexibility index (Phi) is 6.82. The third-order valence-corrected chi connectivity index (χ3v) is 3.32. The summed E-state index contributed by atoms with van der Waals surface area (Å²) in [5, 5.41) is 0.721. The number of hydrogen-bond acceptors (Lipinski definition) is 3. The lowest BCUT2D eigenvalue weighted by Gasteiger charge is -2.19. The number of hydrogen-bond donors (Lipinski definition) is 1. The maximum Gasteiger partial charge on any atom is 0.123 e. The Morgan fingerprint density at radius 2 is 1.90 bits per heavy atom. The molecule has 0 spiro atoms. The molecule has 0 bridgehead atoms. The number of nitrogens with zero attached hydrogens (tertiary/aromatic N) is 1. The molecule has 0 aliphatic rings. The fourth-order valence-electron chi connectivity index (χ4n) is 2.22. The van der Waals surface area contributed by atoms with Crippen molar-refractivity contribution < 1.29 is 4.74 Å². The zero-order valence-corrected chi connectivity index (χ0v) is 13.7. The molecule has 2 aromatic rings. The van der Waals surface area contributed by atoms with E-state index >= 15 is 0 Å². The number of anilines is 1. The van der Waals surface area contributed by atoms with Crippen LogP contribution >= 0.6 is 24.0 Å². The van der Waals surface area contributed by atoms with E-state index in [1.165, 1.54) is 5.56 Å². The Labute approximate surface area is 137 Å². The zero-order chi connectivity index (χ0) is 14.5. The molecule has 0 saturated heterocycles. The number of benzene rings is 2. The highest BCUT2D eigenvalue weighted by Gasteiger charge is 2.08. The van der Waals surface area contributed by atoms with E-state index in [4.69, 9.17) is 22.1 Å². The first-order valence-electron chi connectivity index (χ1n) is 6.44. The highest BCUT2D eigenvalue weighted by molar-refractivity contribution is 6.30. The van der Waals surface area contributed by atoms with Crippen LogP contribution in [-0.4, -0.2) is 19.1 Å². The van der Waals surface area contributed by atoms with Gasteiger partial charge in [-0.3, -0.25) is 4.90 Å². The van der Waals surface area contributed by atoms with Crippen LogP contribution in [0, 0.1) is 0 Å². The van der Waals surface area contributed by atoms with Crippen molar-refractivity contribution in [2.75, 3.05) is 19.9 Å². The summed E-state index contributed by atoms with van der Waals surface area (Å²) in [4.78, 5) is 2.20. The van der Waals surface area contributed by atoms with Crippen LogP contribution in [0.3, 0.4) is 0 Å². The zero-order valence-electron chi connectivity index (χ0n) is 12.2. The van der Waals surface area contributed by atoms with Gasteiger partial charge in [0.05, 0.1) is 7.11 Å². The van der Waals surface area contributed by atoms with E-state index in [-0.39, 0.29) is 12.4 Å². The summed E-state index contributed by atoms with van der Waals surface area (Å²) in [7, 11) is 3.73. The molecule has 0 saturated carbocycles. The van der Waals surface area contributed by atoms with Crippen LogP contribution in [0.25, 0.3) is 0 Å². The van der Waals surface area contributed by atoms with Crippen molar-refractivity contribution in [3.63, 3.8) is 0 Å². The first-order valence-corrected chi connectivity index (χ1v) is 6.81. The maximum atomic E-state index is 6.05. The van der Waals surface area contributed by atoms with Crippen LogP contribution in [0.5, 0.6) is 5.75 Å². The lowest BCUT2D eigenvalue weighted by Crippen LogP contribution is -2.17. The van der Waals surface area contributed by atoms with Crippen LogP contribution in [0.15, 0.2) is 42.5 Å². The highest BCUT2D eigenvalue weighted by Crippen LogP contribution is 2.24. The number of nitrogens with two attached hydrogens (primary N) is 1. The van der Waals surface area contributed by atoms with Gasteiger partial charge in [-0.15, -0.1) is 12.4 Å². The third-order valence-electron chi connectivity index (χ3n) is 3.09. The molecule has 0 atom stereocenters. The normalized spacial score (nSPS) is 10.3. The predicted octanol–water partition coefficient (Wildman–Crippen LogP) is 3.98. The molecule has 0 aliphatic carbocycles. The van der Waals surface area contributed by atoms with E-state index in [1.54, 1.807) is 7.11 Å². The van der Waals surface area contributed by atoms with Crippen molar-refractivity contribution in [3.05, 3.63) is 58.6 Å². The van der Waals surface area contributed by atoms with Crippen LogP contribution in [0.2, 0.25) is 5.02 Å². The number of rotatable bonds is 5. The molecule has 3 nitrogen and oxygen atoms in total. The lowest BCUT2D eigenvalue weighted by molar-refractivity contribution is 0.310. The van der Waals surface area contributed by atoms with Crippen molar-refractivity contribution in [1.82, 2.24) is 4.90 Å². The van der Waals surface area contributed by atoms with E-state index in [2.05, 4.69) is 18.0 Å². The Morgan fingerprint density at radius 3 is 2.57 bits per heavy atom. The van der Waals surface area contributed by atoms with Crippen LogP contribution in [0.1, 0.15) is 11.1 Å². The van der Waals surface area contributed by atoms with Gasteiger partial charge in [0.1, 0.15) is 5.75 Å². The molecule has 0 aliphatic heterocycles. The average molecular weight is 327 g/mol.